The Morgan fingerprint density at radius 1 is 0.743 bits per heavy atom. The van der Waals surface area contributed by atoms with Gasteiger partial charge in [-0.1, -0.05) is 94.1 Å². The van der Waals surface area contributed by atoms with Crippen LogP contribution in [0.4, 0.5) is 0 Å². The number of ether oxygens (including phenoxy) is 1. The van der Waals surface area contributed by atoms with Gasteiger partial charge in [0.25, 0.3) is 0 Å². The van der Waals surface area contributed by atoms with Crippen LogP contribution in [0.3, 0.4) is 0 Å². The molecule has 1 atom stereocenters. The quantitative estimate of drug-likeness (QED) is 0.263. The molecule has 0 N–H and O–H groups in total. The van der Waals surface area contributed by atoms with E-state index in [0.717, 1.165) is 29.1 Å². The zero-order valence-corrected chi connectivity index (χ0v) is 22.0. The molecule has 35 heavy (non-hydrogen) atoms. The van der Waals surface area contributed by atoms with Crippen LogP contribution < -0.4 is 4.74 Å². The summed E-state index contributed by atoms with van der Waals surface area (Å²) >= 11 is 0. The van der Waals surface area contributed by atoms with Gasteiger partial charge in [-0.05, 0) is 97.7 Å². The van der Waals surface area contributed by atoms with Crippen LogP contribution in [0.25, 0.3) is 11.1 Å². The van der Waals surface area contributed by atoms with Gasteiger partial charge in [0.1, 0.15) is 5.75 Å². The van der Waals surface area contributed by atoms with Gasteiger partial charge in [0, 0.05) is 5.56 Å². The molecule has 1 nitrogen and oxygen atoms in total. The molecule has 0 heterocycles. The van der Waals surface area contributed by atoms with Crippen LogP contribution in [0, 0.1) is 29.6 Å². The summed E-state index contributed by atoms with van der Waals surface area (Å²) in [5.41, 5.74) is 4.87. The third-order valence-electron chi connectivity index (χ3n) is 8.23. The lowest BCUT2D eigenvalue weighted by Crippen LogP contribution is -2.23. The van der Waals surface area contributed by atoms with E-state index in [9.17, 15) is 0 Å². The first kappa shape index (κ1) is 25.6. The highest BCUT2D eigenvalue weighted by Crippen LogP contribution is 2.40. The highest BCUT2D eigenvalue weighted by Gasteiger charge is 2.28. The zero-order valence-electron chi connectivity index (χ0n) is 22.0. The van der Waals surface area contributed by atoms with Crippen LogP contribution in [0.5, 0.6) is 5.75 Å². The summed E-state index contributed by atoms with van der Waals surface area (Å²) < 4.78 is 5.55. The molecule has 0 saturated heterocycles. The van der Waals surface area contributed by atoms with Crippen LogP contribution in [-0.4, -0.2) is 6.61 Å². The van der Waals surface area contributed by atoms with Crippen LogP contribution in [-0.2, 0) is 0 Å². The van der Waals surface area contributed by atoms with Gasteiger partial charge in [0.2, 0.25) is 0 Å². The molecule has 0 bridgehead atoms. The van der Waals surface area contributed by atoms with Crippen molar-refractivity contribution < 1.29 is 4.74 Å². The molecule has 2 aliphatic rings. The maximum Gasteiger partial charge on any atom is 0.119 e. The number of rotatable bonds is 9. The summed E-state index contributed by atoms with van der Waals surface area (Å²) in [6.07, 6.45) is 19.3. The van der Waals surface area contributed by atoms with Crippen molar-refractivity contribution in [3.05, 3.63) is 65.7 Å². The van der Waals surface area contributed by atoms with E-state index in [2.05, 4.69) is 61.2 Å². The van der Waals surface area contributed by atoms with Crippen LogP contribution in [0.1, 0.15) is 96.5 Å². The lowest BCUT2D eigenvalue weighted by Gasteiger charge is -2.35. The van der Waals surface area contributed by atoms with E-state index in [-0.39, 0.29) is 0 Å². The van der Waals surface area contributed by atoms with E-state index in [1.54, 1.807) is 0 Å². The summed E-state index contributed by atoms with van der Waals surface area (Å²) in [6.45, 7) is 5.02. The molecule has 2 aliphatic carbocycles. The van der Waals surface area contributed by atoms with E-state index in [1.165, 1.54) is 93.7 Å². The van der Waals surface area contributed by atoms with Crippen molar-refractivity contribution in [3.8, 4) is 28.7 Å². The number of hydrogen-bond acceptors (Lipinski definition) is 1. The predicted octanol–water partition coefficient (Wildman–Crippen LogP) is 9.61. The standard InChI is InChI=1S/C34H44O/c1-3-5-6-7-8-27-11-17-30(18-12-27)31-19-13-28(14-20-31)9-10-29-15-21-32(22-16-29)33-23-25-34(26-24-33)35-4-2/h13,15-16,21-27,30-31H,3-8,11-12,14,17-20H2,1-2H3. The van der Waals surface area contributed by atoms with Crippen molar-refractivity contribution in [1.29, 1.82) is 0 Å². The Bertz CT molecular complexity index is 978. The van der Waals surface area contributed by atoms with Gasteiger partial charge in [0.05, 0.1) is 6.61 Å². The van der Waals surface area contributed by atoms with Crippen molar-refractivity contribution in [2.75, 3.05) is 6.61 Å². The molecule has 0 spiro atoms. The summed E-state index contributed by atoms with van der Waals surface area (Å²) in [5.74, 6) is 10.7. The van der Waals surface area contributed by atoms with Gasteiger partial charge in [0.15, 0.2) is 0 Å². The Kier molecular flexibility index (Phi) is 9.94. The van der Waals surface area contributed by atoms with Crippen LogP contribution >= 0.6 is 0 Å². The van der Waals surface area contributed by atoms with Gasteiger partial charge in [-0.15, -0.1) is 0 Å². The average molecular weight is 469 g/mol. The van der Waals surface area contributed by atoms with Crippen LogP contribution in [0.2, 0.25) is 0 Å². The second-order valence-corrected chi connectivity index (χ2v) is 10.7. The second-order valence-electron chi connectivity index (χ2n) is 10.7. The largest absolute Gasteiger partial charge is 0.494 e. The van der Waals surface area contributed by atoms with Gasteiger partial charge in [-0.2, -0.15) is 0 Å². The topological polar surface area (TPSA) is 9.23 Å². The first-order valence-corrected chi connectivity index (χ1v) is 14.3. The van der Waals surface area contributed by atoms with Crippen molar-refractivity contribution >= 4 is 0 Å². The molecule has 2 aromatic rings. The van der Waals surface area contributed by atoms with E-state index in [0.29, 0.717) is 6.61 Å². The molecule has 0 aromatic heterocycles. The molecule has 1 fully saturated rings. The van der Waals surface area contributed by atoms with Gasteiger partial charge in [-0.3, -0.25) is 0 Å². The molecule has 1 heteroatoms. The Labute approximate surface area is 214 Å². The Morgan fingerprint density at radius 3 is 2.09 bits per heavy atom. The maximum absolute atomic E-state index is 5.55. The number of allylic oxidation sites excluding steroid dienone is 2. The fourth-order valence-electron chi connectivity index (χ4n) is 6.01. The zero-order chi connectivity index (χ0) is 24.3. The smallest absolute Gasteiger partial charge is 0.119 e. The highest BCUT2D eigenvalue weighted by molar-refractivity contribution is 5.65. The second kappa shape index (κ2) is 13.6. The summed E-state index contributed by atoms with van der Waals surface area (Å²) in [6, 6.07) is 16.9. The molecule has 0 radical (unpaired) electrons. The summed E-state index contributed by atoms with van der Waals surface area (Å²) in [7, 11) is 0. The molecule has 0 aliphatic heterocycles. The molecule has 0 amide bonds. The molecule has 186 valence electrons. The summed E-state index contributed by atoms with van der Waals surface area (Å²) in [5, 5.41) is 0. The minimum atomic E-state index is 0.698. The maximum atomic E-state index is 5.55. The molecule has 2 aromatic carbocycles. The molecule has 1 unspecified atom stereocenters. The van der Waals surface area contributed by atoms with Gasteiger partial charge >= 0.3 is 0 Å². The Balaban J connectivity index is 1.23. The Morgan fingerprint density at radius 2 is 1.46 bits per heavy atom. The van der Waals surface area contributed by atoms with Crippen molar-refractivity contribution in [3.63, 3.8) is 0 Å². The normalized spacial score (nSPS) is 22.1. The van der Waals surface area contributed by atoms with Gasteiger partial charge < -0.3 is 4.74 Å². The van der Waals surface area contributed by atoms with Crippen molar-refractivity contribution in [2.24, 2.45) is 17.8 Å². The highest BCUT2D eigenvalue weighted by atomic mass is 16.5. The molecule has 4 rings (SSSR count). The monoisotopic (exact) mass is 468 g/mol. The Hall–Kier alpha value is -2.46. The van der Waals surface area contributed by atoms with Crippen molar-refractivity contribution in [2.45, 2.75) is 90.9 Å². The summed E-state index contributed by atoms with van der Waals surface area (Å²) in [4.78, 5) is 0. The van der Waals surface area contributed by atoms with E-state index in [1.807, 2.05) is 19.1 Å². The van der Waals surface area contributed by atoms with Crippen molar-refractivity contribution in [1.82, 2.24) is 0 Å². The fourth-order valence-corrected chi connectivity index (χ4v) is 6.01. The van der Waals surface area contributed by atoms with Crippen LogP contribution in [0.15, 0.2) is 60.2 Å². The number of unbranched alkanes of at least 4 members (excludes halogenated alkanes) is 3. The number of benzene rings is 2. The lowest BCUT2D eigenvalue weighted by molar-refractivity contribution is 0.186. The minimum absolute atomic E-state index is 0.698. The molecular weight excluding hydrogens is 424 g/mol. The lowest BCUT2D eigenvalue weighted by atomic mass is 9.70. The SMILES string of the molecule is CCCCCCC1CCC(C2CC=C(C#Cc3ccc(-c4ccc(OCC)cc4)cc3)CC2)CC1. The molecular formula is C34H44O. The average Bonchev–Trinajstić information content (AvgIpc) is 2.92. The fraction of sp³-hybridized carbons (Fsp3) is 0.529. The third-order valence-corrected chi connectivity index (χ3v) is 8.23. The first-order chi connectivity index (χ1) is 17.2. The molecule has 1 saturated carbocycles. The number of hydrogen-bond donors (Lipinski definition) is 0. The van der Waals surface area contributed by atoms with E-state index < -0.39 is 0 Å². The predicted molar refractivity (Wildman–Crippen MR) is 150 cm³/mol. The van der Waals surface area contributed by atoms with Gasteiger partial charge in [-0.25, -0.2) is 0 Å². The third kappa shape index (κ3) is 7.76. The van der Waals surface area contributed by atoms with E-state index in [4.69, 9.17) is 4.74 Å². The van der Waals surface area contributed by atoms with E-state index >= 15 is 0 Å². The minimum Gasteiger partial charge on any atom is -0.494 e. The first-order valence-electron chi connectivity index (χ1n) is 14.3.